The fourth-order valence-corrected chi connectivity index (χ4v) is 1.38. The summed E-state index contributed by atoms with van der Waals surface area (Å²) < 4.78 is 15.5. The second-order valence-electron chi connectivity index (χ2n) is 3.45. The average molecular weight is 264 g/mol. The highest BCUT2D eigenvalue weighted by Gasteiger charge is 2.16. The monoisotopic (exact) mass is 264 g/mol. The minimum Gasteiger partial charge on any atom is -0.497 e. The van der Waals surface area contributed by atoms with Gasteiger partial charge in [-0.25, -0.2) is 4.79 Å². The van der Waals surface area contributed by atoms with Crippen molar-refractivity contribution in [1.82, 2.24) is 15.0 Å². The van der Waals surface area contributed by atoms with Crippen molar-refractivity contribution >= 4 is 12.0 Å². The third-order valence-corrected chi connectivity index (χ3v) is 2.34. The molecule has 2 rings (SSSR count). The number of anilines is 1. The average Bonchev–Trinajstić information content (AvgIpc) is 2.80. The number of rotatable bonds is 3. The second-order valence-corrected chi connectivity index (χ2v) is 3.45. The van der Waals surface area contributed by atoms with Gasteiger partial charge >= 0.3 is 6.16 Å². The molecule has 0 aliphatic carbocycles. The summed E-state index contributed by atoms with van der Waals surface area (Å²) in [7, 11) is 2.76. The standard InChI is InChI=1S/C11H12N4O4/c1-17-8-5-3-7(4-6-8)15-9(12)10(13-14-15)19-11(16)18-2/h3-6H,12H2,1-2H3. The van der Waals surface area contributed by atoms with E-state index >= 15 is 0 Å². The molecule has 8 nitrogen and oxygen atoms in total. The van der Waals surface area contributed by atoms with E-state index in [2.05, 4.69) is 15.0 Å². The van der Waals surface area contributed by atoms with E-state index in [1.54, 1.807) is 31.4 Å². The number of methoxy groups -OCH3 is 2. The number of carbonyl (C=O) groups excluding carboxylic acids is 1. The lowest BCUT2D eigenvalue weighted by molar-refractivity contribution is 0.120. The van der Waals surface area contributed by atoms with E-state index in [1.807, 2.05) is 0 Å². The normalized spacial score (nSPS) is 10.0. The van der Waals surface area contributed by atoms with Crippen molar-refractivity contribution < 1.29 is 19.0 Å². The molecule has 0 amide bonds. The van der Waals surface area contributed by atoms with Gasteiger partial charge in [0.2, 0.25) is 0 Å². The van der Waals surface area contributed by atoms with Crippen molar-refractivity contribution in [3.63, 3.8) is 0 Å². The first-order valence-corrected chi connectivity index (χ1v) is 5.27. The van der Waals surface area contributed by atoms with Gasteiger partial charge in [0.1, 0.15) is 5.75 Å². The van der Waals surface area contributed by atoms with Crippen molar-refractivity contribution in [1.29, 1.82) is 0 Å². The van der Waals surface area contributed by atoms with E-state index in [0.29, 0.717) is 11.4 Å². The van der Waals surface area contributed by atoms with Crippen molar-refractivity contribution in [2.75, 3.05) is 20.0 Å². The molecular formula is C11H12N4O4. The summed E-state index contributed by atoms with van der Waals surface area (Å²) in [5.74, 6) is 0.687. The van der Waals surface area contributed by atoms with Gasteiger partial charge in [-0.05, 0) is 24.3 Å². The molecule has 0 radical (unpaired) electrons. The Labute approximate surface area is 108 Å². The lowest BCUT2D eigenvalue weighted by atomic mass is 10.3. The third-order valence-electron chi connectivity index (χ3n) is 2.34. The van der Waals surface area contributed by atoms with Crippen molar-refractivity contribution in [2.24, 2.45) is 0 Å². The molecule has 1 aromatic heterocycles. The van der Waals surface area contributed by atoms with Gasteiger partial charge < -0.3 is 19.9 Å². The Morgan fingerprint density at radius 1 is 1.26 bits per heavy atom. The highest BCUT2D eigenvalue weighted by Crippen LogP contribution is 2.22. The minimum absolute atomic E-state index is 0.0931. The summed E-state index contributed by atoms with van der Waals surface area (Å²) in [5.41, 5.74) is 6.44. The number of ether oxygens (including phenoxy) is 3. The van der Waals surface area contributed by atoms with Crippen LogP contribution in [0.4, 0.5) is 10.6 Å². The Morgan fingerprint density at radius 2 is 1.95 bits per heavy atom. The summed E-state index contributed by atoms with van der Waals surface area (Å²) in [6.07, 6.45) is -0.909. The minimum atomic E-state index is -0.909. The number of nitrogens with two attached hydrogens (primary N) is 1. The molecule has 0 unspecified atom stereocenters. The second kappa shape index (κ2) is 5.25. The molecule has 2 N–H and O–H groups in total. The van der Waals surface area contributed by atoms with E-state index in [0.717, 1.165) is 0 Å². The summed E-state index contributed by atoms with van der Waals surface area (Å²) in [6.45, 7) is 0. The molecule has 19 heavy (non-hydrogen) atoms. The molecule has 0 bridgehead atoms. The highest BCUT2D eigenvalue weighted by atomic mass is 16.7. The number of hydrogen-bond acceptors (Lipinski definition) is 7. The quantitative estimate of drug-likeness (QED) is 0.825. The van der Waals surface area contributed by atoms with Crippen LogP contribution in [0.2, 0.25) is 0 Å². The zero-order chi connectivity index (χ0) is 13.8. The van der Waals surface area contributed by atoms with Crippen molar-refractivity contribution in [3.05, 3.63) is 24.3 Å². The van der Waals surface area contributed by atoms with Crippen molar-refractivity contribution in [3.8, 4) is 17.3 Å². The van der Waals surface area contributed by atoms with Gasteiger partial charge in [0.15, 0.2) is 5.82 Å². The maximum Gasteiger partial charge on any atom is 0.515 e. The molecule has 0 saturated carbocycles. The first-order chi connectivity index (χ1) is 9.15. The van der Waals surface area contributed by atoms with Crippen LogP contribution in [0.3, 0.4) is 0 Å². The molecule has 0 saturated heterocycles. The number of hydrogen-bond donors (Lipinski definition) is 1. The lowest BCUT2D eigenvalue weighted by Crippen LogP contribution is -2.09. The van der Waals surface area contributed by atoms with Gasteiger partial charge in [0, 0.05) is 0 Å². The van der Waals surface area contributed by atoms with Gasteiger partial charge in [-0.1, -0.05) is 10.3 Å². The Kier molecular flexibility index (Phi) is 3.51. The number of aromatic nitrogens is 3. The van der Waals surface area contributed by atoms with Crippen molar-refractivity contribution in [2.45, 2.75) is 0 Å². The van der Waals surface area contributed by atoms with Crippen LogP contribution in [0.15, 0.2) is 24.3 Å². The molecule has 0 aliphatic heterocycles. The smallest absolute Gasteiger partial charge is 0.497 e. The fourth-order valence-electron chi connectivity index (χ4n) is 1.38. The first kappa shape index (κ1) is 12.7. The molecule has 1 aromatic carbocycles. The number of carbonyl (C=O) groups is 1. The largest absolute Gasteiger partial charge is 0.515 e. The molecule has 100 valence electrons. The van der Waals surface area contributed by atoms with E-state index < -0.39 is 6.16 Å². The van der Waals surface area contributed by atoms with E-state index in [9.17, 15) is 4.79 Å². The number of benzene rings is 1. The number of nitrogen functional groups attached to an aromatic ring is 1. The highest BCUT2D eigenvalue weighted by molar-refractivity contribution is 5.65. The van der Waals surface area contributed by atoms with Crippen LogP contribution < -0.4 is 15.2 Å². The fraction of sp³-hybridized carbons (Fsp3) is 0.182. The summed E-state index contributed by atoms with van der Waals surface area (Å²) in [4.78, 5) is 11.0. The number of nitrogens with zero attached hydrogens (tertiary/aromatic N) is 3. The molecule has 0 aliphatic rings. The maximum absolute atomic E-state index is 11.0. The summed E-state index contributed by atoms with van der Waals surface area (Å²) in [5, 5.41) is 7.45. The Hall–Kier alpha value is -2.77. The lowest BCUT2D eigenvalue weighted by Gasteiger charge is -2.04. The van der Waals surface area contributed by atoms with Crippen LogP contribution in [0, 0.1) is 0 Å². The summed E-state index contributed by atoms with van der Waals surface area (Å²) >= 11 is 0. The zero-order valence-electron chi connectivity index (χ0n) is 10.4. The predicted molar refractivity (Wildman–Crippen MR) is 65.4 cm³/mol. The first-order valence-electron chi connectivity index (χ1n) is 5.27. The molecule has 2 aromatic rings. The molecule has 8 heteroatoms. The Bertz CT molecular complexity index is 579. The van der Waals surface area contributed by atoms with Crippen LogP contribution in [-0.4, -0.2) is 35.4 Å². The Morgan fingerprint density at radius 3 is 2.53 bits per heavy atom. The van der Waals surface area contributed by atoms with E-state index in [1.165, 1.54) is 11.8 Å². The van der Waals surface area contributed by atoms with Crippen LogP contribution >= 0.6 is 0 Å². The molecule has 0 fully saturated rings. The van der Waals surface area contributed by atoms with Crippen LogP contribution in [0.5, 0.6) is 11.6 Å². The van der Waals surface area contributed by atoms with Gasteiger partial charge in [0.25, 0.3) is 5.88 Å². The third kappa shape index (κ3) is 2.57. The molecular weight excluding hydrogens is 252 g/mol. The van der Waals surface area contributed by atoms with E-state index in [4.69, 9.17) is 15.2 Å². The van der Waals surface area contributed by atoms with Crippen LogP contribution in [0.1, 0.15) is 0 Å². The van der Waals surface area contributed by atoms with Gasteiger partial charge in [-0.3, -0.25) is 0 Å². The van der Waals surface area contributed by atoms with E-state index in [-0.39, 0.29) is 11.7 Å². The van der Waals surface area contributed by atoms with Crippen LogP contribution in [-0.2, 0) is 4.74 Å². The van der Waals surface area contributed by atoms with Crippen LogP contribution in [0.25, 0.3) is 5.69 Å². The molecule has 1 heterocycles. The topological polar surface area (TPSA) is 101 Å². The van der Waals surface area contributed by atoms with Gasteiger partial charge in [0.05, 0.1) is 19.9 Å². The van der Waals surface area contributed by atoms with Gasteiger partial charge in [-0.15, -0.1) is 0 Å². The molecule has 0 spiro atoms. The summed E-state index contributed by atoms with van der Waals surface area (Å²) in [6, 6.07) is 6.98. The predicted octanol–water partition coefficient (Wildman–Crippen LogP) is 1.00. The SMILES string of the molecule is COC(=O)Oc1nnn(-c2ccc(OC)cc2)c1N. The van der Waals surface area contributed by atoms with Gasteiger partial charge in [-0.2, -0.15) is 4.68 Å². The zero-order valence-corrected chi connectivity index (χ0v) is 10.4. The molecule has 0 atom stereocenters. The maximum atomic E-state index is 11.0. The Balaban J connectivity index is 2.27.